The molecular formula is C22H24F3N5O3. The Bertz CT molecular complexity index is 1200. The highest BCUT2D eigenvalue weighted by Crippen LogP contribution is 2.28. The minimum atomic E-state index is -4.70. The molecule has 0 aliphatic heterocycles. The number of hydrogen-bond donors (Lipinski definition) is 2. The van der Waals surface area contributed by atoms with Crippen LogP contribution in [0.2, 0.25) is 0 Å². The Morgan fingerprint density at radius 2 is 1.85 bits per heavy atom. The third-order valence-electron chi connectivity index (χ3n) is 4.79. The Kier molecular flexibility index (Phi) is 6.46. The van der Waals surface area contributed by atoms with Gasteiger partial charge >= 0.3 is 6.18 Å². The summed E-state index contributed by atoms with van der Waals surface area (Å²) in [4.78, 5) is 34.6. The summed E-state index contributed by atoms with van der Waals surface area (Å²) in [6, 6.07) is 4.50. The molecule has 2 amide bonds. The topological polar surface area (TPSA) is 99.8 Å². The van der Waals surface area contributed by atoms with Gasteiger partial charge in [-0.05, 0) is 44.9 Å². The molecular weight excluding hydrogens is 439 g/mol. The van der Waals surface area contributed by atoms with Crippen molar-refractivity contribution in [1.82, 2.24) is 19.3 Å². The van der Waals surface area contributed by atoms with Crippen LogP contribution in [-0.4, -0.2) is 55.9 Å². The van der Waals surface area contributed by atoms with E-state index in [1.54, 1.807) is 24.4 Å². The summed E-state index contributed by atoms with van der Waals surface area (Å²) >= 11 is 0. The van der Waals surface area contributed by atoms with Crippen LogP contribution in [0.1, 0.15) is 52.5 Å². The van der Waals surface area contributed by atoms with Crippen LogP contribution < -0.4 is 5.32 Å². The SMILES string of the molecule is CN(C)C(=O)c1cc2nc(CCC(C)(C)O)cn2cc1NC(=O)c1cccc(C(F)(F)F)n1. The molecule has 3 rings (SSSR count). The number of anilines is 1. The summed E-state index contributed by atoms with van der Waals surface area (Å²) in [6.45, 7) is 3.37. The number of aromatic nitrogens is 3. The van der Waals surface area contributed by atoms with Crippen molar-refractivity contribution in [3.8, 4) is 0 Å². The van der Waals surface area contributed by atoms with Gasteiger partial charge in [-0.25, -0.2) is 9.97 Å². The molecule has 0 atom stereocenters. The van der Waals surface area contributed by atoms with Crippen molar-refractivity contribution in [1.29, 1.82) is 0 Å². The Labute approximate surface area is 188 Å². The first kappa shape index (κ1) is 24.2. The van der Waals surface area contributed by atoms with Gasteiger partial charge in [0, 0.05) is 26.5 Å². The molecule has 0 saturated heterocycles. The highest BCUT2D eigenvalue weighted by Gasteiger charge is 2.33. The van der Waals surface area contributed by atoms with Crippen molar-refractivity contribution in [2.45, 2.75) is 38.5 Å². The van der Waals surface area contributed by atoms with Crippen molar-refractivity contribution < 1.29 is 27.9 Å². The summed E-state index contributed by atoms with van der Waals surface area (Å²) in [7, 11) is 3.07. The number of carbonyl (C=O) groups excluding carboxylic acids is 2. The molecule has 2 N–H and O–H groups in total. The number of aliphatic hydroxyl groups is 1. The molecule has 3 aromatic rings. The van der Waals surface area contributed by atoms with Crippen LogP contribution in [0, 0.1) is 0 Å². The predicted octanol–water partition coefficient (Wildman–Crippen LogP) is 3.41. The van der Waals surface area contributed by atoms with Crippen LogP contribution in [0.15, 0.2) is 36.7 Å². The number of nitrogens with one attached hydrogen (secondary N) is 1. The summed E-state index contributed by atoms with van der Waals surface area (Å²) < 4.78 is 40.5. The maximum absolute atomic E-state index is 13.0. The summed E-state index contributed by atoms with van der Waals surface area (Å²) in [5.74, 6) is -1.32. The molecule has 0 fully saturated rings. The standard InChI is InChI=1S/C22H24F3N5O3/c1-21(2,33)9-8-13-11-30-12-16(14(10-18(30)26-13)20(32)29(3)4)28-19(31)15-6-5-7-17(27-15)22(23,24)25/h5-7,10-12,33H,8-9H2,1-4H3,(H,28,31). The maximum Gasteiger partial charge on any atom is 0.433 e. The lowest BCUT2D eigenvalue weighted by molar-refractivity contribution is -0.141. The number of nitrogens with zero attached hydrogens (tertiary/aromatic N) is 4. The summed E-state index contributed by atoms with van der Waals surface area (Å²) in [5.41, 5.74) is -1.18. The fourth-order valence-corrected chi connectivity index (χ4v) is 3.06. The molecule has 0 saturated carbocycles. The quantitative estimate of drug-likeness (QED) is 0.584. The second kappa shape index (κ2) is 8.81. The summed E-state index contributed by atoms with van der Waals surface area (Å²) in [5, 5.41) is 12.4. The second-order valence-corrected chi connectivity index (χ2v) is 8.47. The van der Waals surface area contributed by atoms with E-state index < -0.39 is 35.0 Å². The van der Waals surface area contributed by atoms with Gasteiger partial charge in [0.05, 0.1) is 22.5 Å². The van der Waals surface area contributed by atoms with Gasteiger partial charge in [0.15, 0.2) is 0 Å². The Morgan fingerprint density at radius 1 is 1.15 bits per heavy atom. The van der Waals surface area contributed by atoms with Gasteiger partial charge in [0.2, 0.25) is 0 Å². The van der Waals surface area contributed by atoms with E-state index in [9.17, 15) is 27.9 Å². The van der Waals surface area contributed by atoms with Gasteiger partial charge in [0.25, 0.3) is 11.8 Å². The lowest BCUT2D eigenvalue weighted by Crippen LogP contribution is -2.25. The average Bonchev–Trinajstić information content (AvgIpc) is 3.12. The minimum Gasteiger partial charge on any atom is -0.390 e. The van der Waals surface area contributed by atoms with E-state index in [0.717, 1.165) is 18.2 Å². The smallest absolute Gasteiger partial charge is 0.390 e. The number of halogens is 3. The number of carbonyl (C=O) groups is 2. The molecule has 0 spiro atoms. The summed E-state index contributed by atoms with van der Waals surface area (Å²) in [6.07, 6.45) is -0.581. The third kappa shape index (κ3) is 5.86. The van der Waals surface area contributed by atoms with E-state index in [4.69, 9.17) is 0 Å². The van der Waals surface area contributed by atoms with Crippen molar-refractivity contribution in [2.24, 2.45) is 0 Å². The molecule has 3 heterocycles. The number of rotatable bonds is 6. The molecule has 8 nitrogen and oxygen atoms in total. The molecule has 0 aromatic carbocycles. The first-order valence-electron chi connectivity index (χ1n) is 10.1. The van der Waals surface area contributed by atoms with Gasteiger partial charge in [-0.2, -0.15) is 13.2 Å². The van der Waals surface area contributed by atoms with E-state index in [0.29, 0.717) is 24.2 Å². The van der Waals surface area contributed by atoms with Gasteiger partial charge < -0.3 is 19.7 Å². The van der Waals surface area contributed by atoms with Crippen molar-refractivity contribution in [3.05, 3.63) is 59.3 Å². The van der Waals surface area contributed by atoms with Crippen molar-refractivity contribution in [2.75, 3.05) is 19.4 Å². The Balaban J connectivity index is 1.98. The predicted molar refractivity (Wildman–Crippen MR) is 115 cm³/mol. The van der Waals surface area contributed by atoms with Crippen molar-refractivity contribution in [3.63, 3.8) is 0 Å². The van der Waals surface area contributed by atoms with Crippen LogP contribution >= 0.6 is 0 Å². The second-order valence-electron chi connectivity index (χ2n) is 8.47. The lowest BCUT2D eigenvalue weighted by Gasteiger charge is -2.15. The molecule has 176 valence electrons. The number of aryl methyl sites for hydroxylation is 1. The molecule has 0 radical (unpaired) electrons. The number of hydrogen-bond acceptors (Lipinski definition) is 5. The van der Waals surface area contributed by atoms with Crippen LogP contribution in [0.5, 0.6) is 0 Å². The number of amides is 2. The molecule has 11 heteroatoms. The van der Waals surface area contributed by atoms with Crippen LogP contribution in [0.25, 0.3) is 5.65 Å². The molecule has 0 aliphatic carbocycles. The van der Waals surface area contributed by atoms with Crippen LogP contribution in [-0.2, 0) is 12.6 Å². The fourth-order valence-electron chi connectivity index (χ4n) is 3.06. The van der Waals surface area contributed by atoms with Gasteiger partial charge in [-0.3, -0.25) is 9.59 Å². The fraction of sp³-hybridized carbons (Fsp3) is 0.364. The number of imidazole rings is 1. The zero-order chi connectivity index (χ0) is 24.6. The highest BCUT2D eigenvalue weighted by atomic mass is 19.4. The van der Waals surface area contributed by atoms with E-state index in [1.807, 2.05) is 0 Å². The van der Waals surface area contributed by atoms with Crippen LogP contribution in [0.3, 0.4) is 0 Å². The number of pyridine rings is 2. The third-order valence-corrected chi connectivity index (χ3v) is 4.79. The van der Waals surface area contributed by atoms with E-state index in [-0.39, 0.29) is 11.3 Å². The first-order chi connectivity index (χ1) is 15.2. The van der Waals surface area contributed by atoms with Gasteiger partial charge in [0.1, 0.15) is 17.0 Å². The van der Waals surface area contributed by atoms with E-state index in [2.05, 4.69) is 15.3 Å². The lowest BCUT2D eigenvalue weighted by atomic mass is 10.0. The van der Waals surface area contributed by atoms with Crippen molar-refractivity contribution >= 4 is 23.1 Å². The Morgan fingerprint density at radius 3 is 2.45 bits per heavy atom. The zero-order valence-electron chi connectivity index (χ0n) is 18.6. The zero-order valence-corrected chi connectivity index (χ0v) is 18.6. The monoisotopic (exact) mass is 463 g/mol. The van der Waals surface area contributed by atoms with Gasteiger partial charge in [-0.15, -0.1) is 0 Å². The normalized spacial score (nSPS) is 12.1. The van der Waals surface area contributed by atoms with Gasteiger partial charge in [-0.1, -0.05) is 6.07 Å². The van der Waals surface area contributed by atoms with Crippen LogP contribution in [0.4, 0.5) is 18.9 Å². The number of alkyl halides is 3. The first-order valence-corrected chi connectivity index (χ1v) is 10.1. The van der Waals surface area contributed by atoms with E-state index >= 15 is 0 Å². The molecule has 3 aromatic heterocycles. The number of fused-ring (bicyclic) bond motifs is 1. The molecule has 33 heavy (non-hydrogen) atoms. The molecule has 0 unspecified atom stereocenters. The average molecular weight is 463 g/mol. The minimum absolute atomic E-state index is 0.0943. The largest absolute Gasteiger partial charge is 0.433 e. The molecule has 0 aliphatic rings. The van der Waals surface area contributed by atoms with E-state index in [1.165, 1.54) is 31.3 Å². The highest BCUT2D eigenvalue weighted by molar-refractivity contribution is 6.08. The Hall–Kier alpha value is -3.47. The molecule has 0 bridgehead atoms. The maximum atomic E-state index is 13.0.